The minimum absolute atomic E-state index is 0.289. The van der Waals surface area contributed by atoms with Crippen molar-refractivity contribution in [3.8, 4) is 0 Å². The van der Waals surface area contributed by atoms with E-state index >= 15 is 0 Å². The standard InChI is InChI=1S/C11H23N3O/c1-8-3-4-10(5-8)7-13-9(2)6-11(12)14-15/h8-10,13,15H,3-7H2,1-2H3,(H2,12,14). The third kappa shape index (κ3) is 4.51. The van der Waals surface area contributed by atoms with Crippen LogP contribution in [0.3, 0.4) is 0 Å². The van der Waals surface area contributed by atoms with Crippen LogP contribution in [0.25, 0.3) is 0 Å². The van der Waals surface area contributed by atoms with Gasteiger partial charge in [0.2, 0.25) is 0 Å². The van der Waals surface area contributed by atoms with E-state index in [0.717, 1.165) is 18.4 Å². The Balaban J connectivity index is 2.14. The highest BCUT2D eigenvalue weighted by Gasteiger charge is 2.21. The second kappa shape index (κ2) is 5.95. The van der Waals surface area contributed by atoms with Crippen LogP contribution >= 0.6 is 0 Å². The summed E-state index contributed by atoms with van der Waals surface area (Å²) in [4.78, 5) is 0. The predicted molar refractivity (Wildman–Crippen MR) is 62.0 cm³/mol. The van der Waals surface area contributed by atoms with Gasteiger partial charge in [0.15, 0.2) is 0 Å². The fourth-order valence-electron chi connectivity index (χ4n) is 2.30. The highest BCUT2D eigenvalue weighted by atomic mass is 16.4. The first kappa shape index (κ1) is 12.3. The summed E-state index contributed by atoms with van der Waals surface area (Å²) in [5, 5.41) is 14.8. The lowest BCUT2D eigenvalue weighted by Crippen LogP contribution is -2.34. The molecule has 0 spiro atoms. The summed E-state index contributed by atoms with van der Waals surface area (Å²) >= 11 is 0. The summed E-state index contributed by atoms with van der Waals surface area (Å²) in [6.07, 6.45) is 4.65. The van der Waals surface area contributed by atoms with E-state index in [1.165, 1.54) is 19.3 Å². The van der Waals surface area contributed by atoms with Gasteiger partial charge in [-0.05, 0) is 38.1 Å². The third-order valence-electron chi connectivity index (χ3n) is 3.20. The molecular weight excluding hydrogens is 190 g/mol. The van der Waals surface area contributed by atoms with Gasteiger partial charge in [-0.3, -0.25) is 0 Å². The zero-order chi connectivity index (χ0) is 11.3. The molecule has 1 rings (SSSR count). The van der Waals surface area contributed by atoms with Crippen LogP contribution in [0.2, 0.25) is 0 Å². The van der Waals surface area contributed by atoms with E-state index in [9.17, 15) is 0 Å². The van der Waals surface area contributed by atoms with Crippen molar-refractivity contribution in [3.05, 3.63) is 0 Å². The molecule has 4 heteroatoms. The van der Waals surface area contributed by atoms with Gasteiger partial charge < -0.3 is 16.3 Å². The minimum atomic E-state index is 0.289. The second-order valence-electron chi connectivity index (χ2n) is 4.89. The first-order valence-electron chi connectivity index (χ1n) is 5.81. The SMILES string of the molecule is CC1CCC(CNC(C)CC(N)=NO)C1. The Morgan fingerprint density at radius 3 is 2.87 bits per heavy atom. The van der Waals surface area contributed by atoms with Crippen molar-refractivity contribution < 1.29 is 5.21 Å². The van der Waals surface area contributed by atoms with Crippen LogP contribution in [-0.2, 0) is 0 Å². The molecule has 0 aromatic rings. The lowest BCUT2D eigenvalue weighted by atomic mass is 10.1. The molecule has 0 aromatic carbocycles. The smallest absolute Gasteiger partial charge is 0.140 e. The summed E-state index contributed by atoms with van der Waals surface area (Å²) in [6, 6.07) is 0.289. The zero-order valence-electron chi connectivity index (χ0n) is 9.74. The van der Waals surface area contributed by atoms with Crippen molar-refractivity contribution in [1.82, 2.24) is 5.32 Å². The van der Waals surface area contributed by atoms with Crippen molar-refractivity contribution in [2.24, 2.45) is 22.7 Å². The Kier molecular flexibility index (Phi) is 4.88. The highest BCUT2D eigenvalue weighted by Crippen LogP contribution is 2.29. The molecular formula is C11H23N3O. The number of nitrogens with zero attached hydrogens (tertiary/aromatic N) is 1. The summed E-state index contributed by atoms with van der Waals surface area (Å²) in [6.45, 7) is 5.44. The molecule has 88 valence electrons. The molecule has 0 amide bonds. The fraction of sp³-hybridized carbons (Fsp3) is 0.909. The molecule has 1 fully saturated rings. The Morgan fingerprint density at radius 2 is 2.33 bits per heavy atom. The number of hydrogen-bond donors (Lipinski definition) is 3. The second-order valence-corrected chi connectivity index (χ2v) is 4.89. The van der Waals surface area contributed by atoms with Crippen LogP contribution in [0.15, 0.2) is 5.16 Å². The third-order valence-corrected chi connectivity index (χ3v) is 3.20. The normalized spacial score (nSPS) is 29.3. The molecule has 4 N–H and O–H groups in total. The van der Waals surface area contributed by atoms with Crippen molar-refractivity contribution in [1.29, 1.82) is 0 Å². The van der Waals surface area contributed by atoms with Gasteiger partial charge >= 0.3 is 0 Å². The largest absolute Gasteiger partial charge is 0.409 e. The topological polar surface area (TPSA) is 70.6 Å². The van der Waals surface area contributed by atoms with Crippen LogP contribution in [0, 0.1) is 11.8 Å². The molecule has 0 saturated heterocycles. The first-order valence-corrected chi connectivity index (χ1v) is 5.81. The van der Waals surface area contributed by atoms with Crippen LogP contribution in [-0.4, -0.2) is 23.6 Å². The maximum atomic E-state index is 8.43. The number of hydrogen-bond acceptors (Lipinski definition) is 3. The lowest BCUT2D eigenvalue weighted by molar-refractivity contribution is 0.315. The van der Waals surface area contributed by atoms with Crippen molar-refractivity contribution in [2.75, 3.05) is 6.54 Å². The average Bonchev–Trinajstić information content (AvgIpc) is 2.61. The zero-order valence-corrected chi connectivity index (χ0v) is 9.74. The van der Waals surface area contributed by atoms with E-state index in [4.69, 9.17) is 10.9 Å². The molecule has 1 aliphatic rings. The molecule has 0 heterocycles. The molecule has 3 unspecified atom stereocenters. The fourth-order valence-corrected chi connectivity index (χ4v) is 2.30. The number of rotatable bonds is 5. The number of nitrogens with two attached hydrogens (primary N) is 1. The van der Waals surface area contributed by atoms with Gasteiger partial charge in [-0.1, -0.05) is 18.5 Å². The predicted octanol–water partition coefficient (Wildman–Crippen LogP) is 1.54. The maximum Gasteiger partial charge on any atom is 0.140 e. The Bertz CT molecular complexity index is 218. The summed E-state index contributed by atoms with van der Waals surface area (Å²) in [5.41, 5.74) is 5.44. The van der Waals surface area contributed by atoms with Crippen molar-refractivity contribution >= 4 is 5.84 Å². The quantitative estimate of drug-likeness (QED) is 0.281. The molecule has 4 nitrogen and oxygen atoms in total. The molecule has 1 aliphatic carbocycles. The minimum Gasteiger partial charge on any atom is -0.409 e. The number of amidine groups is 1. The van der Waals surface area contributed by atoms with Crippen LogP contribution in [0.1, 0.15) is 39.5 Å². The van der Waals surface area contributed by atoms with Crippen LogP contribution < -0.4 is 11.1 Å². The molecule has 0 bridgehead atoms. The van der Waals surface area contributed by atoms with E-state index in [-0.39, 0.29) is 6.04 Å². The molecule has 3 atom stereocenters. The van der Waals surface area contributed by atoms with Crippen molar-refractivity contribution in [3.63, 3.8) is 0 Å². The van der Waals surface area contributed by atoms with E-state index in [0.29, 0.717) is 12.3 Å². The van der Waals surface area contributed by atoms with Gasteiger partial charge in [-0.2, -0.15) is 0 Å². The lowest BCUT2D eigenvalue weighted by Gasteiger charge is -2.16. The molecule has 0 aromatic heterocycles. The highest BCUT2D eigenvalue weighted by molar-refractivity contribution is 5.80. The molecule has 0 aliphatic heterocycles. The van der Waals surface area contributed by atoms with Gasteiger partial charge in [0.05, 0.1) is 0 Å². The Hall–Kier alpha value is -0.770. The monoisotopic (exact) mass is 213 g/mol. The van der Waals surface area contributed by atoms with Crippen molar-refractivity contribution in [2.45, 2.75) is 45.6 Å². The van der Waals surface area contributed by atoms with Gasteiger partial charge in [-0.15, -0.1) is 0 Å². The molecule has 0 radical (unpaired) electrons. The first-order chi connectivity index (χ1) is 7.11. The van der Waals surface area contributed by atoms with Gasteiger partial charge in [-0.25, -0.2) is 0 Å². The average molecular weight is 213 g/mol. The van der Waals surface area contributed by atoms with E-state index < -0.39 is 0 Å². The van der Waals surface area contributed by atoms with Crippen LogP contribution in [0.4, 0.5) is 0 Å². The van der Waals surface area contributed by atoms with Gasteiger partial charge in [0, 0.05) is 12.5 Å². The van der Waals surface area contributed by atoms with Gasteiger partial charge in [0.1, 0.15) is 5.84 Å². The molecule has 15 heavy (non-hydrogen) atoms. The molecule has 1 saturated carbocycles. The summed E-state index contributed by atoms with van der Waals surface area (Å²) in [7, 11) is 0. The maximum absolute atomic E-state index is 8.43. The van der Waals surface area contributed by atoms with E-state index in [2.05, 4.69) is 24.3 Å². The number of nitrogens with one attached hydrogen (secondary N) is 1. The Labute approximate surface area is 91.9 Å². The number of oxime groups is 1. The van der Waals surface area contributed by atoms with Gasteiger partial charge in [0.25, 0.3) is 0 Å². The van der Waals surface area contributed by atoms with Crippen LogP contribution in [0.5, 0.6) is 0 Å². The summed E-state index contributed by atoms with van der Waals surface area (Å²) in [5.74, 6) is 2.00. The summed E-state index contributed by atoms with van der Waals surface area (Å²) < 4.78 is 0. The van der Waals surface area contributed by atoms with E-state index in [1.807, 2.05) is 0 Å². The Morgan fingerprint density at radius 1 is 1.60 bits per heavy atom. The van der Waals surface area contributed by atoms with E-state index in [1.54, 1.807) is 0 Å².